The Morgan fingerprint density at radius 3 is 2.56 bits per heavy atom. The fourth-order valence-corrected chi connectivity index (χ4v) is 3.67. The van der Waals surface area contributed by atoms with E-state index in [0.717, 1.165) is 12.8 Å². The minimum absolute atomic E-state index is 0.00970. The van der Waals surface area contributed by atoms with Crippen LogP contribution in [-0.4, -0.2) is 73.5 Å². The summed E-state index contributed by atoms with van der Waals surface area (Å²) in [5.74, 6) is -0.305. The van der Waals surface area contributed by atoms with Crippen LogP contribution in [-0.2, 0) is 14.3 Å². The van der Waals surface area contributed by atoms with Crippen molar-refractivity contribution in [2.45, 2.75) is 25.3 Å². The van der Waals surface area contributed by atoms with Crippen LogP contribution >= 0.6 is 0 Å². The summed E-state index contributed by atoms with van der Waals surface area (Å²) in [4.78, 5) is 40.5. The molecule has 2 fully saturated rings. The molecule has 1 aromatic rings. The third-order valence-electron chi connectivity index (χ3n) is 5.30. The topological polar surface area (TPSA) is 79.0 Å². The number of nitrogens with one attached hydrogen (secondary N) is 1. The summed E-state index contributed by atoms with van der Waals surface area (Å²) in [6, 6.07) is 9.31. The van der Waals surface area contributed by atoms with E-state index in [4.69, 9.17) is 4.74 Å². The molecule has 0 radical (unpaired) electrons. The molecule has 0 saturated carbocycles. The van der Waals surface area contributed by atoms with Gasteiger partial charge in [-0.1, -0.05) is 18.2 Å². The summed E-state index contributed by atoms with van der Waals surface area (Å²) in [5, 5.41) is 3.07. The zero-order chi connectivity index (χ0) is 19.2. The standard InChI is InChI=1S/C20H27N3O4/c1-27-12-11-23-14-16(13-18(23)24)19(25)21-17-7-9-22(10-8-17)20(26)15-5-3-2-4-6-15/h2-6,16-17H,7-14H2,1H3,(H,21,25). The van der Waals surface area contributed by atoms with E-state index in [2.05, 4.69) is 5.32 Å². The molecule has 0 bridgehead atoms. The van der Waals surface area contributed by atoms with Gasteiger partial charge in [0.1, 0.15) is 0 Å². The Morgan fingerprint density at radius 1 is 1.19 bits per heavy atom. The van der Waals surface area contributed by atoms with Crippen molar-refractivity contribution in [2.75, 3.05) is 39.9 Å². The Hall–Kier alpha value is -2.41. The smallest absolute Gasteiger partial charge is 0.253 e. The molecule has 1 atom stereocenters. The van der Waals surface area contributed by atoms with Crippen LogP contribution in [0.1, 0.15) is 29.6 Å². The van der Waals surface area contributed by atoms with Gasteiger partial charge < -0.3 is 19.9 Å². The van der Waals surface area contributed by atoms with Crippen molar-refractivity contribution < 1.29 is 19.1 Å². The minimum atomic E-state index is -0.293. The molecule has 1 unspecified atom stereocenters. The number of ether oxygens (including phenoxy) is 1. The molecule has 27 heavy (non-hydrogen) atoms. The molecule has 7 nitrogen and oxygen atoms in total. The lowest BCUT2D eigenvalue weighted by Gasteiger charge is -2.33. The first-order valence-electron chi connectivity index (χ1n) is 9.50. The molecule has 3 amide bonds. The molecule has 146 valence electrons. The second-order valence-corrected chi connectivity index (χ2v) is 7.17. The predicted octanol–water partition coefficient (Wildman–Crippen LogP) is 0.902. The highest BCUT2D eigenvalue weighted by atomic mass is 16.5. The van der Waals surface area contributed by atoms with Crippen molar-refractivity contribution >= 4 is 17.7 Å². The van der Waals surface area contributed by atoms with Gasteiger partial charge in [0, 0.05) is 51.3 Å². The highest BCUT2D eigenvalue weighted by Crippen LogP contribution is 2.19. The number of carbonyl (C=O) groups is 3. The normalized spacial score (nSPS) is 20.8. The van der Waals surface area contributed by atoms with Gasteiger partial charge >= 0.3 is 0 Å². The van der Waals surface area contributed by atoms with Gasteiger partial charge in [-0.25, -0.2) is 0 Å². The number of carbonyl (C=O) groups excluding carboxylic acids is 3. The van der Waals surface area contributed by atoms with Crippen LogP contribution in [0, 0.1) is 5.92 Å². The van der Waals surface area contributed by atoms with Crippen LogP contribution in [0.5, 0.6) is 0 Å². The molecule has 7 heteroatoms. The van der Waals surface area contributed by atoms with Crippen molar-refractivity contribution in [1.29, 1.82) is 0 Å². The van der Waals surface area contributed by atoms with Crippen molar-refractivity contribution in [3.8, 4) is 0 Å². The van der Waals surface area contributed by atoms with E-state index in [1.54, 1.807) is 12.0 Å². The van der Waals surface area contributed by atoms with Crippen LogP contribution in [0.2, 0.25) is 0 Å². The average molecular weight is 373 g/mol. The number of nitrogens with zero attached hydrogens (tertiary/aromatic N) is 2. The number of likely N-dealkylation sites (tertiary alicyclic amines) is 2. The Labute approximate surface area is 159 Å². The molecule has 2 heterocycles. The molecule has 0 aliphatic carbocycles. The number of methoxy groups -OCH3 is 1. The van der Waals surface area contributed by atoms with Gasteiger partial charge in [-0.2, -0.15) is 0 Å². The number of rotatable bonds is 6. The van der Waals surface area contributed by atoms with Crippen LogP contribution in [0.4, 0.5) is 0 Å². The number of hydrogen-bond acceptors (Lipinski definition) is 4. The molecule has 3 rings (SSSR count). The monoisotopic (exact) mass is 373 g/mol. The fourth-order valence-electron chi connectivity index (χ4n) is 3.67. The van der Waals surface area contributed by atoms with Gasteiger partial charge in [0.2, 0.25) is 11.8 Å². The Balaban J connectivity index is 1.45. The first kappa shape index (κ1) is 19.4. The van der Waals surface area contributed by atoms with Crippen LogP contribution < -0.4 is 5.32 Å². The highest BCUT2D eigenvalue weighted by Gasteiger charge is 2.35. The van der Waals surface area contributed by atoms with Gasteiger partial charge in [0.25, 0.3) is 5.91 Å². The largest absolute Gasteiger partial charge is 0.383 e. The van der Waals surface area contributed by atoms with E-state index in [-0.39, 0.29) is 36.1 Å². The Morgan fingerprint density at radius 2 is 1.89 bits per heavy atom. The number of hydrogen-bond donors (Lipinski definition) is 1. The Bertz CT molecular complexity index is 671. The quantitative estimate of drug-likeness (QED) is 0.804. The summed E-state index contributed by atoms with van der Waals surface area (Å²) >= 11 is 0. The van der Waals surface area contributed by atoms with Crippen molar-refractivity contribution in [2.24, 2.45) is 5.92 Å². The minimum Gasteiger partial charge on any atom is -0.383 e. The number of piperidine rings is 1. The first-order valence-corrected chi connectivity index (χ1v) is 9.50. The van der Waals surface area contributed by atoms with Gasteiger partial charge in [-0.05, 0) is 25.0 Å². The van der Waals surface area contributed by atoms with Gasteiger partial charge in [-0.3, -0.25) is 14.4 Å². The van der Waals surface area contributed by atoms with Crippen molar-refractivity contribution in [3.05, 3.63) is 35.9 Å². The highest BCUT2D eigenvalue weighted by molar-refractivity contribution is 5.94. The zero-order valence-corrected chi connectivity index (χ0v) is 15.7. The van der Waals surface area contributed by atoms with Crippen molar-refractivity contribution in [3.63, 3.8) is 0 Å². The van der Waals surface area contributed by atoms with Crippen LogP contribution in [0.15, 0.2) is 30.3 Å². The van der Waals surface area contributed by atoms with E-state index >= 15 is 0 Å². The predicted molar refractivity (Wildman–Crippen MR) is 100 cm³/mol. The molecule has 0 spiro atoms. The molecule has 1 N–H and O–H groups in total. The van der Waals surface area contributed by atoms with Gasteiger partial charge in [-0.15, -0.1) is 0 Å². The third-order valence-corrected chi connectivity index (χ3v) is 5.30. The average Bonchev–Trinajstić information content (AvgIpc) is 3.08. The zero-order valence-electron chi connectivity index (χ0n) is 15.7. The molecule has 2 aliphatic rings. The molecule has 2 saturated heterocycles. The van der Waals surface area contributed by atoms with E-state index in [9.17, 15) is 14.4 Å². The van der Waals surface area contributed by atoms with E-state index in [1.165, 1.54) is 0 Å². The molecular weight excluding hydrogens is 346 g/mol. The van der Waals surface area contributed by atoms with Gasteiger partial charge in [0.05, 0.1) is 12.5 Å². The number of benzene rings is 1. The summed E-state index contributed by atoms with van der Waals surface area (Å²) in [5.41, 5.74) is 0.695. The van der Waals surface area contributed by atoms with E-state index < -0.39 is 0 Å². The summed E-state index contributed by atoms with van der Waals surface area (Å²) < 4.78 is 5.00. The lowest BCUT2D eigenvalue weighted by molar-refractivity contribution is -0.129. The second-order valence-electron chi connectivity index (χ2n) is 7.17. The Kier molecular flexibility index (Phi) is 6.45. The molecule has 2 aliphatic heterocycles. The maximum absolute atomic E-state index is 12.5. The maximum Gasteiger partial charge on any atom is 0.253 e. The lowest BCUT2D eigenvalue weighted by Crippen LogP contribution is -2.48. The fraction of sp³-hybridized carbons (Fsp3) is 0.550. The summed E-state index contributed by atoms with van der Waals surface area (Å²) in [6.07, 6.45) is 1.73. The van der Waals surface area contributed by atoms with Crippen molar-refractivity contribution in [1.82, 2.24) is 15.1 Å². The number of amides is 3. The SMILES string of the molecule is COCCN1CC(C(=O)NC2CCN(C(=O)c3ccccc3)CC2)CC1=O. The molecular formula is C20H27N3O4. The maximum atomic E-state index is 12.5. The third kappa shape index (κ3) is 4.86. The van der Waals surface area contributed by atoms with Gasteiger partial charge in [0.15, 0.2) is 0 Å². The van der Waals surface area contributed by atoms with Crippen LogP contribution in [0.3, 0.4) is 0 Å². The van der Waals surface area contributed by atoms with E-state index in [0.29, 0.717) is 38.3 Å². The molecule has 1 aromatic carbocycles. The lowest BCUT2D eigenvalue weighted by atomic mass is 10.0. The van der Waals surface area contributed by atoms with E-state index in [1.807, 2.05) is 35.2 Å². The summed E-state index contributed by atoms with van der Waals surface area (Å²) in [6.45, 7) is 2.72. The molecule has 0 aromatic heterocycles. The second kappa shape index (κ2) is 8.99. The van der Waals surface area contributed by atoms with Crippen LogP contribution in [0.25, 0.3) is 0 Å². The first-order chi connectivity index (χ1) is 13.1. The summed E-state index contributed by atoms with van der Waals surface area (Å²) in [7, 11) is 1.60.